The lowest BCUT2D eigenvalue weighted by molar-refractivity contribution is -0.126. The van der Waals surface area contributed by atoms with E-state index in [1.807, 2.05) is 16.8 Å². The molecule has 1 amide bonds. The number of hydrogen-bond donors (Lipinski definition) is 2. The molecule has 3 saturated carbocycles. The number of fused-ring (bicyclic) bond motifs is 2. The van der Waals surface area contributed by atoms with Gasteiger partial charge in [-0.2, -0.15) is 5.10 Å². The molecule has 1 saturated heterocycles. The van der Waals surface area contributed by atoms with Crippen LogP contribution in [0.2, 0.25) is 5.02 Å². The second-order valence-corrected chi connectivity index (χ2v) is 12.8. The molecule has 34 heavy (non-hydrogen) atoms. The second kappa shape index (κ2) is 8.67. The number of benzene rings is 1. The van der Waals surface area contributed by atoms with Crippen LogP contribution in [0.1, 0.15) is 83.5 Å². The highest BCUT2D eigenvalue weighted by atomic mass is 35.5. The Morgan fingerprint density at radius 2 is 1.91 bits per heavy atom. The van der Waals surface area contributed by atoms with Crippen molar-refractivity contribution in [1.29, 1.82) is 0 Å². The summed E-state index contributed by atoms with van der Waals surface area (Å²) in [5, 5.41) is 12.6. The second-order valence-electron chi connectivity index (χ2n) is 12.4. The van der Waals surface area contributed by atoms with Crippen LogP contribution in [-0.4, -0.2) is 28.3 Å². The molecule has 1 aromatic heterocycles. The third-order valence-corrected chi connectivity index (χ3v) is 9.29. The minimum atomic E-state index is -0.226. The average molecular weight is 483 g/mol. The molecule has 2 bridgehead atoms. The van der Waals surface area contributed by atoms with Crippen LogP contribution in [0.25, 0.3) is 0 Å². The molecular formula is C28H39ClN4O. The van der Waals surface area contributed by atoms with Gasteiger partial charge in [-0.15, -0.1) is 0 Å². The van der Waals surface area contributed by atoms with Crippen LogP contribution in [0, 0.1) is 23.2 Å². The zero-order valence-corrected chi connectivity index (χ0v) is 21.9. The quantitative estimate of drug-likeness (QED) is 0.577. The van der Waals surface area contributed by atoms with Crippen molar-refractivity contribution >= 4 is 17.5 Å². The van der Waals surface area contributed by atoms with Gasteiger partial charge in [-0.25, -0.2) is 0 Å². The smallest absolute Gasteiger partial charge is 0.237 e. The molecule has 3 aliphatic carbocycles. The number of rotatable bonds is 5. The Hall–Kier alpha value is -1.85. The van der Waals surface area contributed by atoms with E-state index in [2.05, 4.69) is 69.6 Å². The molecule has 5 nitrogen and oxygen atoms in total. The van der Waals surface area contributed by atoms with Gasteiger partial charge in [0.15, 0.2) is 0 Å². The molecule has 6 atom stereocenters. The highest BCUT2D eigenvalue weighted by molar-refractivity contribution is 6.30. The van der Waals surface area contributed by atoms with Crippen LogP contribution >= 0.6 is 11.6 Å². The number of nitrogens with zero attached hydrogens (tertiary/aromatic N) is 2. The van der Waals surface area contributed by atoms with Crippen LogP contribution < -0.4 is 10.6 Å². The number of carbonyl (C=O) groups is 1. The number of hydrogen-bond acceptors (Lipinski definition) is 3. The van der Waals surface area contributed by atoms with Gasteiger partial charge < -0.3 is 5.32 Å². The maximum absolute atomic E-state index is 13.3. The van der Waals surface area contributed by atoms with Crippen LogP contribution in [0.5, 0.6) is 0 Å². The van der Waals surface area contributed by atoms with E-state index in [0.717, 1.165) is 41.1 Å². The summed E-state index contributed by atoms with van der Waals surface area (Å²) in [4.78, 5) is 13.3. The number of amides is 1. The molecule has 0 spiro atoms. The Morgan fingerprint density at radius 1 is 1.18 bits per heavy atom. The topological polar surface area (TPSA) is 59.0 Å². The van der Waals surface area contributed by atoms with E-state index in [9.17, 15) is 4.79 Å². The maximum atomic E-state index is 13.3. The molecule has 6 rings (SSSR count). The summed E-state index contributed by atoms with van der Waals surface area (Å²) in [6.07, 6.45) is 6.69. The maximum Gasteiger partial charge on any atom is 0.237 e. The van der Waals surface area contributed by atoms with Crippen molar-refractivity contribution in [3.8, 4) is 0 Å². The fourth-order valence-corrected chi connectivity index (χ4v) is 6.86. The highest BCUT2D eigenvalue weighted by Gasteiger charge is 2.54. The summed E-state index contributed by atoms with van der Waals surface area (Å²) in [5.74, 6) is 2.49. The zero-order chi connectivity index (χ0) is 24.3. The minimum Gasteiger partial charge on any atom is -0.354 e. The van der Waals surface area contributed by atoms with Crippen molar-refractivity contribution in [1.82, 2.24) is 20.4 Å². The Morgan fingerprint density at radius 3 is 2.53 bits per heavy atom. The Kier molecular flexibility index (Phi) is 6.09. The van der Waals surface area contributed by atoms with Crippen molar-refractivity contribution < 1.29 is 4.79 Å². The van der Waals surface area contributed by atoms with Crippen molar-refractivity contribution in [2.75, 3.05) is 6.54 Å². The predicted octanol–water partition coefficient (Wildman–Crippen LogP) is 5.67. The summed E-state index contributed by atoms with van der Waals surface area (Å²) >= 11 is 6.15. The first-order chi connectivity index (χ1) is 16.0. The van der Waals surface area contributed by atoms with Gasteiger partial charge in [0.2, 0.25) is 5.91 Å². The Bertz CT molecular complexity index is 1040. The number of aromatic nitrogens is 2. The Labute approximate surface area is 209 Å². The molecule has 6 heteroatoms. The third-order valence-electron chi connectivity index (χ3n) is 9.04. The van der Waals surface area contributed by atoms with E-state index in [1.54, 1.807) is 0 Å². The highest BCUT2D eigenvalue weighted by Crippen LogP contribution is 2.61. The first-order valence-electron chi connectivity index (χ1n) is 12.9. The van der Waals surface area contributed by atoms with Gasteiger partial charge in [-0.1, -0.05) is 37.6 Å². The zero-order valence-electron chi connectivity index (χ0n) is 21.1. The fraction of sp³-hybridized carbons (Fsp3) is 0.643. The predicted molar refractivity (Wildman–Crippen MR) is 137 cm³/mol. The van der Waals surface area contributed by atoms with E-state index in [4.69, 9.17) is 16.7 Å². The fourth-order valence-electron chi connectivity index (χ4n) is 6.73. The van der Waals surface area contributed by atoms with Crippen molar-refractivity contribution in [3.63, 3.8) is 0 Å². The number of carbonyl (C=O) groups excluding carboxylic acids is 1. The normalized spacial score (nSPS) is 32.3. The van der Waals surface area contributed by atoms with Gasteiger partial charge in [0.05, 0.1) is 17.3 Å². The Balaban J connectivity index is 1.31. The molecule has 2 heterocycles. The van der Waals surface area contributed by atoms with Crippen LogP contribution in [0.4, 0.5) is 0 Å². The summed E-state index contributed by atoms with van der Waals surface area (Å²) < 4.78 is 2.02. The van der Waals surface area contributed by atoms with Gasteiger partial charge in [0.25, 0.3) is 0 Å². The third kappa shape index (κ3) is 4.30. The van der Waals surface area contributed by atoms with E-state index in [1.165, 1.54) is 19.3 Å². The van der Waals surface area contributed by atoms with Gasteiger partial charge in [-0.3, -0.25) is 14.8 Å². The lowest BCUT2D eigenvalue weighted by Gasteiger charge is -2.60. The van der Waals surface area contributed by atoms with Crippen LogP contribution in [0.15, 0.2) is 36.5 Å². The largest absolute Gasteiger partial charge is 0.354 e. The summed E-state index contributed by atoms with van der Waals surface area (Å²) in [6.45, 7) is 12.1. The average Bonchev–Trinajstić information content (AvgIpc) is 3.45. The van der Waals surface area contributed by atoms with Crippen molar-refractivity contribution in [2.45, 2.75) is 83.8 Å². The molecule has 4 aliphatic rings. The summed E-state index contributed by atoms with van der Waals surface area (Å²) in [5.41, 5.74) is 2.54. The SMILES string of the molecule is CC1(C)[C@H]2CC[C@@H](CNC(=O)[C@@H]3C[C@@H](c4ccn(C(C)(C)C)n4)[C@H](c4ccc(Cl)cc4)N3)[C@H]1C2. The van der Waals surface area contributed by atoms with E-state index in [-0.39, 0.29) is 29.4 Å². The molecule has 2 N–H and O–H groups in total. The number of nitrogens with one attached hydrogen (secondary N) is 2. The molecule has 2 aromatic rings. The molecular weight excluding hydrogens is 444 g/mol. The van der Waals surface area contributed by atoms with Crippen molar-refractivity contribution in [3.05, 3.63) is 52.8 Å². The lowest BCUT2D eigenvalue weighted by atomic mass is 9.45. The summed E-state index contributed by atoms with van der Waals surface area (Å²) in [7, 11) is 0. The lowest BCUT2D eigenvalue weighted by Crippen LogP contribution is -2.55. The number of halogens is 1. The van der Waals surface area contributed by atoms with Crippen molar-refractivity contribution in [2.24, 2.45) is 23.2 Å². The minimum absolute atomic E-state index is 0.0253. The van der Waals surface area contributed by atoms with E-state index < -0.39 is 0 Å². The van der Waals surface area contributed by atoms with E-state index >= 15 is 0 Å². The first-order valence-corrected chi connectivity index (χ1v) is 13.3. The van der Waals surface area contributed by atoms with Crippen LogP contribution in [-0.2, 0) is 10.3 Å². The molecule has 1 aliphatic heterocycles. The van der Waals surface area contributed by atoms with Gasteiger partial charge in [-0.05, 0) is 93.4 Å². The standard InChI is InChI=1S/C28H39ClN4O/c1-27(2,3)33-13-12-23(32-33)21-15-24(31-25(21)17-7-10-20(29)11-8-17)26(34)30-16-18-6-9-19-14-22(18)28(19,4)5/h7-8,10-13,18-19,21-22,24-25,31H,6,9,14-16H2,1-5H3,(H,30,34)/t18-,19-,21-,22+,24-,25-/m0/s1. The molecule has 184 valence electrons. The van der Waals surface area contributed by atoms with E-state index in [0.29, 0.717) is 11.3 Å². The first kappa shape index (κ1) is 23.9. The van der Waals surface area contributed by atoms with Crippen LogP contribution in [0.3, 0.4) is 0 Å². The van der Waals surface area contributed by atoms with Gasteiger partial charge >= 0.3 is 0 Å². The summed E-state index contributed by atoms with van der Waals surface area (Å²) in [6, 6.07) is 9.88. The molecule has 0 unspecified atom stereocenters. The molecule has 4 fully saturated rings. The monoisotopic (exact) mass is 482 g/mol. The molecule has 0 radical (unpaired) electrons. The molecule has 1 aromatic carbocycles. The van der Waals surface area contributed by atoms with Gasteiger partial charge in [0.1, 0.15) is 0 Å². The van der Waals surface area contributed by atoms with Gasteiger partial charge in [0, 0.05) is 29.7 Å².